The van der Waals surface area contributed by atoms with Crippen LogP contribution < -0.4 is 9.47 Å². The number of hydrogen-bond donors (Lipinski definition) is 0. The van der Waals surface area contributed by atoms with Gasteiger partial charge >= 0.3 is 0 Å². The van der Waals surface area contributed by atoms with Crippen molar-refractivity contribution in [3.05, 3.63) is 76.9 Å². The minimum atomic E-state index is -0.0524. The van der Waals surface area contributed by atoms with Crippen LogP contribution in [-0.4, -0.2) is 55.7 Å². The Morgan fingerprint density at radius 3 is 2.36 bits per heavy atom. The van der Waals surface area contributed by atoms with Gasteiger partial charge in [-0.15, -0.1) is 0 Å². The molecule has 0 N–H and O–H groups in total. The monoisotopic (exact) mass is 442 g/mol. The van der Waals surface area contributed by atoms with Crippen molar-refractivity contribution in [2.75, 3.05) is 21.3 Å². The minimum absolute atomic E-state index is 0.00329. The molecule has 2 atom stereocenters. The van der Waals surface area contributed by atoms with Gasteiger partial charge in [0.2, 0.25) is 5.91 Å². The number of nitrogens with zero attached hydrogens (tertiary/aromatic N) is 4. The first kappa shape index (κ1) is 21.0. The molecule has 2 aromatic rings. The van der Waals surface area contributed by atoms with Crippen molar-refractivity contribution in [1.82, 2.24) is 9.80 Å². The number of benzene rings is 2. The lowest BCUT2D eigenvalue weighted by molar-refractivity contribution is -0.126. The van der Waals surface area contributed by atoms with Crippen LogP contribution in [0.1, 0.15) is 16.7 Å². The fourth-order valence-corrected chi connectivity index (χ4v) is 4.79. The molecular weight excluding hydrogens is 416 g/mol. The second-order valence-electron chi connectivity index (χ2n) is 8.29. The molecule has 0 saturated heterocycles. The average Bonchev–Trinajstić information content (AvgIpc) is 3.40. The molecule has 0 bridgehead atoms. The Labute approximate surface area is 193 Å². The van der Waals surface area contributed by atoms with Crippen LogP contribution in [0.4, 0.5) is 0 Å². The highest BCUT2D eigenvalue weighted by Crippen LogP contribution is 2.40. The van der Waals surface area contributed by atoms with Gasteiger partial charge in [0.25, 0.3) is 0 Å². The topological polar surface area (TPSA) is 66.7 Å². The zero-order valence-electron chi connectivity index (χ0n) is 18.9. The number of ether oxygens (including phenoxy) is 2. The average molecular weight is 443 g/mol. The van der Waals surface area contributed by atoms with E-state index in [2.05, 4.69) is 27.0 Å². The Kier molecular flexibility index (Phi) is 5.46. The normalized spacial score (nSPS) is 21.1. The van der Waals surface area contributed by atoms with Crippen molar-refractivity contribution in [1.29, 1.82) is 0 Å². The number of amides is 1. The lowest BCUT2D eigenvalue weighted by Crippen LogP contribution is -2.31. The molecule has 0 fully saturated rings. The van der Waals surface area contributed by atoms with Crippen molar-refractivity contribution in [2.45, 2.75) is 19.3 Å². The maximum Gasteiger partial charge on any atom is 0.247 e. The maximum absolute atomic E-state index is 13.1. The summed E-state index contributed by atoms with van der Waals surface area (Å²) < 4.78 is 10.8. The number of allylic oxidation sites excluding steroid dienone is 1. The van der Waals surface area contributed by atoms with Crippen LogP contribution in [-0.2, 0) is 17.9 Å². The molecule has 0 aromatic heterocycles. The fourth-order valence-electron chi connectivity index (χ4n) is 4.79. The van der Waals surface area contributed by atoms with E-state index in [0.29, 0.717) is 24.6 Å². The van der Waals surface area contributed by atoms with Crippen LogP contribution in [0, 0.1) is 5.92 Å². The Balaban J connectivity index is 1.42. The smallest absolute Gasteiger partial charge is 0.247 e. The highest BCUT2D eigenvalue weighted by atomic mass is 16.5. The molecule has 2 aromatic carbocycles. The SMILES string of the molecule is COc1cc2c(cc1OC)CN(C(=O)/C=C/C1=C(c3ccccc3)N(C)C3N=CN=CC13)C2. The molecule has 1 amide bonds. The van der Waals surface area contributed by atoms with Gasteiger partial charge in [0.15, 0.2) is 11.5 Å². The maximum atomic E-state index is 13.1. The molecule has 0 saturated carbocycles. The van der Waals surface area contributed by atoms with Crippen molar-refractivity contribution in [3.8, 4) is 11.5 Å². The zero-order valence-corrected chi connectivity index (χ0v) is 18.9. The highest BCUT2D eigenvalue weighted by molar-refractivity contribution is 5.91. The first-order valence-electron chi connectivity index (χ1n) is 10.9. The number of carbonyl (C=O) groups excluding carboxylic acids is 1. The molecule has 0 aliphatic carbocycles. The summed E-state index contributed by atoms with van der Waals surface area (Å²) in [5, 5.41) is 0. The Bertz CT molecular complexity index is 1170. The van der Waals surface area contributed by atoms with Crippen LogP contribution >= 0.6 is 0 Å². The van der Waals surface area contributed by atoms with Gasteiger partial charge in [-0.2, -0.15) is 0 Å². The molecule has 3 heterocycles. The second kappa shape index (κ2) is 8.58. The van der Waals surface area contributed by atoms with E-state index in [9.17, 15) is 4.79 Å². The third kappa shape index (κ3) is 3.69. The molecule has 7 nitrogen and oxygen atoms in total. The Hall–Kier alpha value is -3.87. The zero-order chi connectivity index (χ0) is 22.9. The fraction of sp³-hybridized carbons (Fsp3) is 0.269. The summed E-state index contributed by atoms with van der Waals surface area (Å²) in [6.07, 6.45) is 7.06. The van der Waals surface area contributed by atoms with Crippen LogP contribution in [0.25, 0.3) is 5.70 Å². The van der Waals surface area contributed by atoms with Crippen LogP contribution in [0.3, 0.4) is 0 Å². The van der Waals surface area contributed by atoms with Gasteiger partial charge in [0.05, 0.1) is 20.1 Å². The second-order valence-corrected chi connectivity index (χ2v) is 8.29. The third-order valence-corrected chi connectivity index (χ3v) is 6.43. The van der Waals surface area contributed by atoms with Crippen LogP contribution in [0.15, 0.2) is 70.2 Å². The van der Waals surface area contributed by atoms with Crippen molar-refractivity contribution in [3.63, 3.8) is 0 Å². The molecule has 3 aliphatic rings. The van der Waals surface area contributed by atoms with Gasteiger partial charge in [-0.3, -0.25) is 4.79 Å². The molecule has 0 spiro atoms. The lowest BCUT2D eigenvalue weighted by Gasteiger charge is -2.25. The largest absolute Gasteiger partial charge is 0.493 e. The molecule has 33 heavy (non-hydrogen) atoms. The Morgan fingerprint density at radius 2 is 1.73 bits per heavy atom. The Morgan fingerprint density at radius 1 is 1.06 bits per heavy atom. The van der Waals surface area contributed by atoms with Crippen LogP contribution in [0.2, 0.25) is 0 Å². The van der Waals surface area contributed by atoms with E-state index in [1.807, 2.05) is 54.6 Å². The quantitative estimate of drug-likeness (QED) is 0.665. The number of carbonyl (C=O) groups is 1. The van der Waals surface area contributed by atoms with Gasteiger partial charge in [-0.1, -0.05) is 36.4 Å². The van der Waals surface area contributed by atoms with Crippen molar-refractivity contribution in [2.24, 2.45) is 15.9 Å². The number of rotatable bonds is 5. The van der Waals surface area contributed by atoms with Gasteiger partial charge in [0.1, 0.15) is 12.5 Å². The molecule has 0 radical (unpaired) electrons. The summed E-state index contributed by atoms with van der Waals surface area (Å²) in [7, 11) is 5.28. The van der Waals surface area contributed by atoms with Gasteiger partial charge < -0.3 is 19.3 Å². The summed E-state index contributed by atoms with van der Waals surface area (Å²) >= 11 is 0. The van der Waals surface area contributed by atoms with E-state index in [-0.39, 0.29) is 18.0 Å². The standard InChI is InChI=1S/C26H26N4O3/c1-29-25(17-7-5-4-6-8-17)20(21-13-27-16-28-26(21)29)9-10-24(31)30-14-18-11-22(32-2)23(33-3)12-19(18)15-30/h4-13,16,21,26H,14-15H2,1-3H3/b10-9+. The van der Waals surface area contributed by atoms with Crippen molar-refractivity contribution < 1.29 is 14.3 Å². The molecule has 7 heteroatoms. The minimum Gasteiger partial charge on any atom is -0.493 e. The summed E-state index contributed by atoms with van der Waals surface area (Å²) in [4.78, 5) is 26.0. The van der Waals surface area contributed by atoms with Gasteiger partial charge in [-0.05, 0) is 34.4 Å². The summed E-state index contributed by atoms with van der Waals surface area (Å²) in [5.41, 5.74) is 5.36. The van der Waals surface area contributed by atoms with E-state index in [4.69, 9.17) is 9.47 Å². The number of aliphatic imine (C=N–C) groups is 2. The van der Waals surface area contributed by atoms with Gasteiger partial charge in [0, 0.05) is 38.1 Å². The van der Waals surface area contributed by atoms with Gasteiger partial charge in [-0.25, -0.2) is 9.98 Å². The lowest BCUT2D eigenvalue weighted by atomic mass is 9.96. The van der Waals surface area contributed by atoms with E-state index >= 15 is 0 Å². The van der Waals surface area contributed by atoms with Crippen molar-refractivity contribution >= 4 is 24.2 Å². The summed E-state index contributed by atoms with van der Waals surface area (Å²) in [6.45, 7) is 1.09. The number of hydrogen-bond acceptors (Lipinski definition) is 6. The number of fused-ring (bicyclic) bond motifs is 2. The van der Waals surface area contributed by atoms with E-state index < -0.39 is 0 Å². The number of methoxy groups -OCH3 is 2. The third-order valence-electron chi connectivity index (χ3n) is 6.43. The molecule has 168 valence electrons. The first-order chi connectivity index (χ1) is 16.1. The summed E-state index contributed by atoms with van der Waals surface area (Å²) in [5.74, 6) is 1.32. The van der Waals surface area contributed by atoms with E-state index in [1.54, 1.807) is 26.6 Å². The van der Waals surface area contributed by atoms with E-state index in [0.717, 1.165) is 28.0 Å². The predicted molar refractivity (Wildman–Crippen MR) is 128 cm³/mol. The molecule has 5 rings (SSSR count). The predicted octanol–water partition coefficient (Wildman–Crippen LogP) is 3.51. The van der Waals surface area contributed by atoms with E-state index in [1.165, 1.54) is 0 Å². The van der Waals surface area contributed by atoms with Crippen LogP contribution in [0.5, 0.6) is 11.5 Å². The first-order valence-corrected chi connectivity index (χ1v) is 10.9. The molecular formula is C26H26N4O3. The molecule has 2 unspecified atom stereocenters. The molecule has 3 aliphatic heterocycles. The highest BCUT2D eigenvalue weighted by Gasteiger charge is 2.38. The summed E-state index contributed by atoms with van der Waals surface area (Å²) in [6, 6.07) is 14.1.